The van der Waals surface area contributed by atoms with Crippen LogP contribution in [0.25, 0.3) is 0 Å². The van der Waals surface area contributed by atoms with Crippen LogP contribution < -0.4 is 10.6 Å². The van der Waals surface area contributed by atoms with Crippen molar-refractivity contribution in [3.8, 4) is 0 Å². The van der Waals surface area contributed by atoms with Crippen LogP contribution in [0.5, 0.6) is 0 Å². The number of hydrogen-bond donors (Lipinski definition) is 3. The molecule has 4 aliphatic rings. The van der Waals surface area contributed by atoms with Crippen molar-refractivity contribution in [1.29, 1.82) is 0 Å². The average molecular weight is 292 g/mol. The molecule has 4 aliphatic carbocycles. The Balaban J connectivity index is 1.35. The van der Waals surface area contributed by atoms with Crippen LogP contribution in [0.15, 0.2) is 0 Å². The molecule has 5 heteroatoms. The van der Waals surface area contributed by atoms with Crippen LogP contribution in [0.3, 0.4) is 0 Å². The van der Waals surface area contributed by atoms with E-state index in [0.717, 1.165) is 24.7 Å². The molecule has 6 unspecified atom stereocenters. The zero-order valence-corrected chi connectivity index (χ0v) is 12.4. The summed E-state index contributed by atoms with van der Waals surface area (Å²) < 4.78 is 0. The van der Waals surface area contributed by atoms with E-state index in [1.165, 1.54) is 19.3 Å². The van der Waals surface area contributed by atoms with Gasteiger partial charge < -0.3 is 15.7 Å². The highest BCUT2D eigenvalue weighted by Crippen LogP contribution is 2.65. The molecule has 0 aromatic rings. The minimum absolute atomic E-state index is 0.0511. The van der Waals surface area contributed by atoms with Gasteiger partial charge in [-0.1, -0.05) is 0 Å². The summed E-state index contributed by atoms with van der Waals surface area (Å²) in [5.74, 6) is 2.69. The van der Waals surface area contributed by atoms with Crippen molar-refractivity contribution in [2.45, 2.75) is 57.2 Å². The van der Waals surface area contributed by atoms with Crippen LogP contribution in [-0.4, -0.2) is 35.1 Å². The highest BCUT2D eigenvalue weighted by Gasteiger charge is 2.65. The summed E-state index contributed by atoms with van der Waals surface area (Å²) >= 11 is 0. The Hall–Kier alpha value is -1.10. The van der Waals surface area contributed by atoms with Gasteiger partial charge in [0, 0.05) is 12.0 Å². The lowest BCUT2D eigenvalue weighted by Gasteiger charge is -2.22. The third-order valence-corrected chi connectivity index (χ3v) is 6.06. The largest absolute Gasteiger partial charge is 0.391 e. The zero-order valence-electron chi connectivity index (χ0n) is 12.4. The Morgan fingerprint density at radius 1 is 1.10 bits per heavy atom. The number of carbonyl (C=O) groups excluding carboxylic acids is 2. The molecule has 0 radical (unpaired) electrons. The standard InChI is InChI=1S/C16H24N2O3/c1-7(19)13(17-15(20)8-2-3-8)16(21)18-14-11-9-4-5-10(6-9)12(11)14/h7-14,19H,2-6H2,1H3,(H,17,20)(H,18,21). The molecule has 4 saturated carbocycles. The Morgan fingerprint density at radius 2 is 1.71 bits per heavy atom. The van der Waals surface area contributed by atoms with Crippen molar-refractivity contribution in [1.82, 2.24) is 10.6 Å². The van der Waals surface area contributed by atoms with Crippen LogP contribution in [-0.2, 0) is 9.59 Å². The Kier molecular flexibility index (Phi) is 3.03. The van der Waals surface area contributed by atoms with E-state index < -0.39 is 12.1 Å². The second-order valence-corrected chi connectivity index (χ2v) is 7.52. The Bertz CT molecular complexity index is 458. The molecule has 4 rings (SSSR count). The van der Waals surface area contributed by atoms with E-state index in [-0.39, 0.29) is 17.7 Å². The quantitative estimate of drug-likeness (QED) is 0.687. The van der Waals surface area contributed by atoms with Gasteiger partial charge in [0.1, 0.15) is 6.04 Å². The topological polar surface area (TPSA) is 78.4 Å². The minimum atomic E-state index is -0.858. The predicted octanol–water partition coefficient (Wildman–Crippen LogP) is 0.423. The van der Waals surface area contributed by atoms with Crippen molar-refractivity contribution < 1.29 is 14.7 Å². The maximum Gasteiger partial charge on any atom is 0.245 e. The lowest BCUT2D eigenvalue weighted by molar-refractivity contribution is -0.132. The molecular formula is C16H24N2O3. The van der Waals surface area contributed by atoms with E-state index in [1.807, 2.05) is 0 Å². The maximum absolute atomic E-state index is 12.4. The molecule has 0 aliphatic heterocycles. The first-order chi connectivity index (χ1) is 10.1. The van der Waals surface area contributed by atoms with Gasteiger partial charge in [-0.25, -0.2) is 0 Å². The minimum Gasteiger partial charge on any atom is -0.391 e. The summed E-state index contributed by atoms with van der Waals surface area (Å²) in [6.07, 6.45) is 4.92. The van der Waals surface area contributed by atoms with Crippen LogP contribution >= 0.6 is 0 Å². The molecule has 2 amide bonds. The molecule has 0 saturated heterocycles. The van der Waals surface area contributed by atoms with Crippen molar-refractivity contribution in [2.24, 2.45) is 29.6 Å². The summed E-state index contributed by atoms with van der Waals surface area (Å²) in [6.45, 7) is 1.56. The van der Waals surface area contributed by atoms with E-state index in [1.54, 1.807) is 6.92 Å². The lowest BCUT2D eigenvalue weighted by atomic mass is 10.0. The van der Waals surface area contributed by atoms with Crippen molar-refractivity contribution in [3.05, 3.63) is 0 Å². The van der Waals surface area contributed by atoms with Crippen molar-refractivity contribution in [2.75, 3.05) is 0 Å². The summed E-state index contributed by atoms with van der Waals surface area (Å²) in [6, 6.07) is -0.514. The molecule has 21 heavy (non-hydrogen) atoms. The lowest BCUT2D eigenvalue weighted by Crippen LogP contribution is -2.53. The number of fused-ring (bicyclic) bond motifs is 5. The summed E-state index contributed by atoms with van der Waals surface area (Å²) in [4.78, 5) is 24.2. The second-order valence-electron chi connectivity index (χ2n) is 7.52. The smallest absolute Gasteiger partial charge is 0.245 e. The van der Waals surface area contributed by atoms with E-state index in [9.17, 15) is 14.7 Å². The van der Waals surface area contributed by atoms with Gasteiger partial charge >= 0.3 is 0 Å². The normalized spacial score (nSPS) is 42.1. The second kappa shape index (κ2) is 4.70. The van der Waals surface area contributed by atoms with Gasteiger partial charge in [-0.2, -0.15) is 0 Å². The summed E-state index contributed by atoms with van der Waals surface area (Å²) in [5, 5.41) is 15.6. The fourth-order valence-corrected chi connectivity index (χ4v) is 4.79. The molecular weight excluding hydrogens is 268 g/mol. The number of hydrogen-bond acceptors (Lipinski definition) is 3. The molecule has 5 nitrogen and oxygen atoms in total. The number of aliphatic hydroxyl groups excluding tert-OH is 1. The molecule has 3 N–H and O–H groups in total. The van der Waals surface area contributed by atoms with E-state index in [4.69, 9.17) is 0 Å². The first-order valence-corrected chi connectivity index (χ1v) is 8.35. The van der Waals surface area contributed by atoms with Crippen LogP contribution in [0.1, 0.15) is 39.0 Å². The highest BCUT2D eigenvalue weighted by atomic mass is 16.3. The average Bonchev–Trinajstić information content (AvgIpc) is 3.34. The maximum atomic E-state index is 12.4. The van der Waals surface area contributed by atoms with Gasteiger partial charge in [0.25, 0.3) is 0 Å². The van der Waals surface area contributed by atoms with E-state index >= 15 is 0 Å². The first-order valence-electron chi connectivity index (χ1n) is 8.35. The summed E-state index contributed by atoms with van der Waals surface area (Å²) in [7, 11) is 0. The Morgan fingerprint density at radius 3 is 2.24 bits per heavy atom. The van der Waals surface area contributed by atoms with Gasteiger partial charge in [0.15, 0.2) is 0 Å². The van der Waals surface area contributed by atoms with Crippen LogP contribution in [0, 0.1) is 29.6 Å². The molecule has 0 aromatic carbocycles. The van der Waals surface area contributed by atoms with E-state index in [0.29, 0.717) is 17.9 Å². The van der Waals surface area contributed by atoms with E-state index in [2.05, 4.69) is 10.6 Å². The first kappa shape index (κ1) is 13.6. The third-order valence-electron chi connectivity index (χ3n) is 6.06. The summed E-state index contributed by atoms with van der Waals surface area (Å²) in [5.41, 5.74) is 0. The highest BCUT2D eigenvalue weighted by molar-refractivity contribution is 5.90. The monoisotopic (exact) mass is 292 g/mol. The van der Waals surface area contributed by atoms with Crippen LogP contribution in [0.2, 0.25) is 0 Å². The van der Waals surface area contributed by atoms with Crippen molar-refractivity contribution >= 4 is 11.8 Å². The van der Waals surface area contributed by atoms with Gasteiger partial charge in [0.2, 0.25) is 11.8 Å². The number of aliphatic hydroxyl groups is 1. The predicted molar refractivity (Wildman–Crippen MR) is 76.1 cm³/mol. The fourth-order valence-electron chi connectivity index (χ4n) is 4.79. The van der Waals surface area contributed by atoms with Gasteiger partial charge in [-0.15, -0.1) is 0 Å². The Labute approximate surface area is 124 Å². The number of amides is 2. The van der Waals surface area contributed by atoms with Gasteiger partial charge in [-0.3, -0.25) is 9.59 Å². The van der Waals surface area contributed by atoms with Crippen LogP contribution in [0.4, 0.5) is 0 Å². The third kappa shape index (κ3) is 2.26. The fraction of sp³-hybridized carbons (Fsp3) is 0.875. The SMILES string of the molecule is CC(O)C(NC(=O)C1CC1)C(=O)NC1C2C3CCC(C3)C12. The molecule has 6 atom stereocenters. The number of carbonyl (C=O) groups is 2. The zero-order chi connectivity index (χ0) is 14.7. The molecule has 0 spiro atoms. The molecule has 0 heterocycles. The van der Waals surface area contributed by atoms with Crippen molar-refractivity contribution in [3.63, 3.8) is 0 Å². The molecule has 116 valence electrons. The molecule has 2 bridgehead atoms. The van der Waals surface area contributed by atoms with Gasteiger partial charge in [0.05, 0.1) is 6.10 Å². The number of nitrogens with one attached hydrogen (secondary N) is 2. The molecule has 4 fully saturated rings. The molecule has 0 aromatic heterocycles. The number of rotatable bonds is 5. The van der Waals surface area contributed by atoms with Gasteiger partial charge in [-0.05, 0) is 62.7 Å².